The van der Waals surface area contributed by atoms with Gasteiger partial charge >= 0.3 is 11.8 Å². The van der Waals surface area contributed by atoms with Crippen LogP contribution in [0.1, 0.15) is 34.3 Å². The van der Waals surface area contributed by atoms with Crippen molar-refractivity contribution in [1.29, 1.82) is 0 Å². The van der Waals surface area contributed by atoms with E-state index in [1.807, 2.05) is 13.8 Å². The second-order valence-corrected chi connectivity index (χ2v) is 5.74. The molecule has 0 atom stereocenters. The van der Waals surface area contributed by atoms with E-state index in [-0.39, 0.29) is 18.0 Å². The average Bonchev–Trinajstić information content (AvgIpc) is 3.07. The van der Waals surface area contributed by atoms with Crippen molar-refractivity contribution in [3.8, 4) is 11.1 Å². The minimum atomic E-state index is -0.718. The highest BCUT2D eigenvalue weighted by molar-refractivity contribution is 6.09. The molecule has 0 saturated heterocycles. The lowest BCUT2D eigenvalue weighted by Crippen LogP contribution is -2.06. The van der Waals surface area contributed by atoms with E-state index in [2.05, 4.69) is 10.1 Å². The molecule has 0 amide bonds. The van der Waals surface area contributed by atoms with Crippen LogP contribution in [0.25, 0.3) is 22.0 Å². The Labute approximate surface area is 142 Å². The van der Waals surface area contributed by atoms with Crippen molar-refractivity contribution >= 4 is 22.7 Å². The molecule has 8 heteroatoms. The summed E-state index contributed by atoms with van der Waals surface area (Å²) in [7, 11) is 0. The molecule has 25 heavy (non-hydrogen) atoms. The number of ether oxygens (including phenoxy) is 1. The van der Waals surface area contributed by atoms with Crippen LogP contribution in [0.3, 0.4) is 0 Å². The van der Waals surface area contributed by atoms with E-state index >= 15 is 0 Å². The van der Waals surface area contributed by atoms with Crippen molar-refractivity contribution in [3.63, 3.8) is 0 Å². The van der Waals surface area contributed by atoms with Crippen molar-refractivity contribution in [2.45, 2.75) is 27.7 Å². The number of esters is 1. The summed E-state index contributed by atoms with van der Waals surface area (Å²) in [6.07, 6.45) is 0. The number of nitrogens with one attached hydrogen (secondary N) is 1. The minimum absolute atomic E-state index is 0.0599. The van der Waals surface area contributed by atoms with Crippen molar-refractivity contribution in [3.05, 3.63) is 44.8 Å². The summed E-state index contributed by atoms with van der Waals surface area (Å²) >= 11 is 0. The number of carbonyl (C=O) groups excluding carboxylic acids is 1. The van der Waals surface area contributed by atoms with Crippen LogP contribution in [0.2, 0.25) is 0 Å². The first-order valence-corrected chi connectivity index (χ1v) is 7.76. The van der Waals surface area contributed by atoms with Gasteiger partial charge in [0.2, 0.25) is 0 Å². The zero-order chi connectivity index (χ0) is 18.3. The molecule has 0 aliphatic rings. The maximum Gasteiger partial charge on any atom is 0.347 e. The van der Waals surface area contributed by atoms with Crippen LogP contribution in [0.4, 0.5) is 5.82 Å². The molecule has 0 spiro atoms. The zero-order valence-corrected chi connectivity index (χ0v) is 14.3. The Hall–Kier alpha value is -3.16. The van der Waals surface area contributed by atoms with Crippen LogP contribution in [-0.4, -0.2) is 27.6 Å². The second kappa shape index (κ2) is 6.04. The molecule has 0 saturated carbocycles. The smallest absolute Gasteiger partial charge is 0.347 e. The van der Waals surface area contributed by atoms with E-state index < -0.39 is 10.9 Å². The number of carbonyl (C=O) groups is 1. The number of benzene rings is 1. The van der Waals surface area contributed by atoms with Gasteiger partial charge in [0, 0.05) is 10.9 Å². The van der Waals surface area contributed by atoms with Gasteiger partial charge in [0.1, 0.15) is 11.3 Å². The van der Waals surface area contributed by atoms with Gasteiger partial charge in [-0.1, -0.05) is 5.16 Å². The topological polar surface area (TPSA) is 111 Å². The first kappa shape index (κ1) is 16.7. The molecule has 3 rings (SSSR count). The highest BCUT2D eigenvalue weighted by atomic mass is 16.6. The highest BCUT2D eigenvalue weighted by Gasteiger charge is 2.28. The first-order valence-electron chi connectivity index (χ1n) is 7.76. The van der Waals surface area contributed by atoms with Gasteiger partial charge in [-0.15, -0.1) is 0 Å². The number of hydrogen-bond acceptors (Lipinski definition) is 6. The minimum Gasteiger partial charge on any atom is -0.462 e. The maximum absolute atomic E-state index is 12.2. The largest absolute Gasteiger partial charge is 0.462 e. The van der Waals surface area contributed by atoms with Gasteiger partial charge in [-0.05, 0) is 55.9 Å². The predicted octanol–water partition coefficient (Wildman–Crippen LogP) is 3.83. The molecule has 130 valence electrons. The molecule has 0 bridgehead atoms. The van der Waals surface area contributed by atoms with E-state index in [1.165, 1.54) is 0 Å². The molecule has 3 aromatic rings. The molecule has 1 N–H and O–H groups in total. The van der Waals surface area contributed by atoms with Crippen LogP contribution >= 0.6 is 0 Å². The quantitative estimate of drug-likeness (QED) is 0.438. The SMILES string of the molecule is CCOC(=O)c1c([N+](=O)[O-])[nH]c2cc(-c3c(C)noc3C)c(C)cc12. The first-order chi connectivity index (χ1) is 11.8. The normalized spacial score (nSPS) is 11.0. The Balaban J connectivity index is 2.30. The highest BCUT2D eigenvalue weighted by Crippen LogP contribution is 2.36. The van der Waals surface area contributed by atoms with Gasteiger partial charge < -0.3 is 19.4 Å². The molecule has 0 unspecified atom stereocenters. The summed E-state index contributed by atoms with van der Waals surface area (Å²) < 4.78 is 10.2. The third-order valence-corrected chi connectivity index (χ3v) is 4.09. The summed E-state index contributed by atoms with van der Waals surface area (Å²) in [6.45, 7) is 7.30. The molecule has 0 fully saturated rings. The van der Waals surface area contributed by atoms with Gasteiger partial charge in [-0.3, -0.25) is 0 Å². The summed E-state index contributed by atoms with van der Waals surface area (Å²) in [5.41, 5.74) is 3.68. The van der Waals surface area contributed by atoms with Gasteiger partial charge in [-0.2, -0.15) is 0 Å². The molecule has 0 aliphatic carbocycles. The maximum atomic E-state index is 12.2. The molecule has 0 radical (unpaired) electrons. The molecule has 2 heterocycles. The third-order valence-electron chi connectivity index (χ3n) is 4.09. The van der Waals surface area contributed by atoms with E-state index in [1.54, 1.807) is 26.0 Å². The van der Waals surface area contributed by atoms with E-state index in [0.717, 1.165) is 22.4 Å². The van der Waals surface area contributed by atoms with Gasteiger partial charge in [-0.25, -0.2) is 9.78 Å². The van der Waals surface area contributed by atoms with Gasteiger partial charge in [0.05, 0.1) is 12.3 Å². The number of rotatable bonds is 4. The Bertz CT molecular complexity index is 980. The Kier molecular flexibility index (Phi) is 4.03. The average molecular weight is 343 g/mol. The molecule has 2 aromatic heterocycles. The summed E-state index contributed by atoms with van der Waals surface area (Å²) in [6, 6.07) is 3.51. The monoisotopic (exact) mass is 343 g/mol. The number of hydrogen-bond donors (Lipinski definition) is 1. The molecule has 0 aliphatic heterocycles. The number of H-pyrrole nitrogens is 1. The Morgan fingerprint density at radius 1 is 1.36 bits per heavy atom. The predicted molar refractivity (Wildman–Crippen MR) is 90.6 cm³/mol. The number of fused-ring (bicyclic) bond motifs is 1. The second-order valence-electron chi connectivity index (χ2n) is 5.74. The lowest BCUT2D eigenvalue weighted by molar-refractivity contribution is -0.389. The number of nitrogens with zero attached hydrogens (tertiary/aromatic N) is 2. The van der Waals surface area contributed by atoms with E-state index in [0.29, 0.717) is 16.7 Å². The van der Waals surface area contributed by atoms with Crippen molar-refractivity contribution in [2.75, 3.05) is 6.61 Å². The summed E-state index contributed by atoms with van der Waals surface area (Å²) in [5, 5.41) is 15.8. The fourth-order valence-corrected chi connectivity index (χ4v) is 3.02. The van der Waals surface area contributed by atoms with E-state index in [4.69, 9.17) is 9.26 Å². The third kappa shape index (κ3) is 2.65. The Morgan fingerprint density at radius 3 is 2.64 bits per heavy atom. The Morgan fingerprint density at radius 2 is 2.08 bits per heavy atom. The number of aromatic nitrogens is 2. The van der Waals surface area contributed by atoms with Crippen LogP contribution in [0, 0.1) is 30.9 Å². The van der Waals surface area contributed by atoms with Gasteiger partial charge in [0.15, 0.2) is 5.56 Å². The van der Waals surface area contributed by atoms with Crippen LogP contribution in [0.15, 0.2) is 16.7 Å². The molecular weight excluding hydrogens is 326 g/mol. The van der Waals surface area contributed by atoms with Crippen LogP contribution in [0.5, 0.6) is 0 Å². The summed E-state index contributed by atoms with van der Waals surface area (Å²) in [5.74, 6) is -0.430. The molecular formula is C17H17N3O5. The number of nitro groups is 1. The zero-order valence-electron chi connectivity index (χ0n) is 14.3. The van der Waals surface area contributed by atoms with Gasteiger partial charge in [0.25, 0.3) is 0 Å². The molecule has 8 nitrogen and oxygen atoms in total. The lowest BCUT2D eigenvalue weighted by Gasteiger charge is -2.06. The molecule has 1 aromatic carbocycles. The van der Waals surface area contributed by atoms with E-state index in [9.17, 15) is 14.9 Å². The number of aromatic amines is 1. The fourth-order valence-electron chi connectivity index (χ4n) is 3.02. The van der Waals surface area contributed by atoms with Crippen LogP contribution in [-0.2, 0) is 4.74 Å². The number of aryl methyl sites for hydroxylation is 3. The summed E-state index contributed by atoms with van der Waals surface area (Å²) in [4.78, 5) is 25.7. The fraction of sp³-hybridized carbons (Fsp3) is 0.294. The van der Waals surface area contributed by atoms with Crippen molar-refractivity contribution in [1.82, 2.24) is 10.1 Å². The van der Waals surface area contributed by atoms with Crippen molar-refractivity contribution < 1.29 is 19.0 Å². The van der Waals surface area contributed by atoms with Crippen LogP contribution < -0.4 is 0 Å². The van der Waals surface area contributed by atoms with Crippen molar-refractivity contribution in [2.24, 2.45) is 0 Å². The lowest BCUT2D eigenvalue weighted by atomic mass is 9.97. The standard InChI is InChI=1S/C17H17N3O5/c1-5-24-17(21)15-12-6-8(2)11(14-9(3)19-25-10(14)4)7-13(12)18-16(15)20(22)23/h6-7,18H,5H2,1-4H3.